The molecule has 0 atom stereocenters. The van der Waals surface area contributed by atoms with Crippen molar-refractivity contribution in [3.8, 4) is 34.1 Å². The zero-order chi connectivity index (χ0) is 28.5. The second-order valence-electron chi connectivity index (χ2n) is 9.22. The second-order valence-corrected chi connectivity index (χ2v) is 9.22. The number of benzene rings is 3. The van der Waals surface area contributed by atoms with Crippen LogP contribution in [0.25, 0.3) is 39.5 Å². The first-order chi connectivity index (χ1) is 19.9. The highest BCUT2D eigenvalue weighted by molar-refractivity contribution is 5.95. The van der Waals surface area contributed by atoms with Gasteiger partial charge in [-0.3, -0.25) is 9.36 Å². The summed E-state index contributed by atoms with van der Waals surface area (Å²) in [5.41, 5.74) is 10.9. The summed E-state index contributed by atoms with van der Waals surface area (Å²) in [6, 6.07) is 26.4. The molecule has 0 radical (unpaired) electrons. The van der Waals surface area contributed by atoms with E-state index in [-0.39, 0.29) is 6.54 Å². The Morgan fingerprint density at radius 2 is 1.68 bits per heavy atom. The third-order valence-corrected chi connectivity index (χ3v) is 6.61. The SMILES string of the molecule is Nc1ncccc1-c1nc2ccc(-c3ccccc3)nc2n1-c1ccc(CNC(=O)c2ccc(F)c(O)c2F)cc1. The van der Waals surface area contributed by atoms with Crippen molar-refractivity contribution in [2.45, 2.75) is 6.54 Å². The zero-order valence-electron chi connectivity index (χ0n) is 21.4. The number of hydrogen-bond donors (Lipinski definition) is 3. The lowest BCUT2D eigenvalue weighted by molar-refractivity contribution is 0.0946. The first-order valence-corrected chi connectivity index (χ1v) is 12.6. The van der Waals surface area contributed by atoms with Gasteiger partial charge in [0.15, 0.2) is 28.9 Å². The summed E-state index contributed by atoms with van der Waals surface area (Å²) in [5, 5.41) is 12.1. The number of halogens is 2. The predicted molar refractivity (Wildman–Crippen MR) is 151 cm³/mol. The van der Waals surface area contributed by atoms with Gasteiger partial charge in [-0.2, -0.15) is 0 Å². The van der Waals surface area contributed by atoms with E-state index in [4.69, 9.17) is 15.7 Å². The number of nitrogens with one attached hydrogen (secondary N) is 1. The number of nitrogens with zero attached hydrogens (tertiary/aromatic N) is 4. The highest BCUT2D eigenvalue weighted by Crippen LogP contribution is 2.32. The molecule has 0 aliphatic heterocycles. The van der Waals surface area contributed by atoms with Crippen LogP contribution < -0.4 is 11.1 Å². The highest BCUT2D eigenvalue weighted by Gasteiger charge is 2.20. The number of aromatic hydroxyl groups is 1. The Bertz CT molecular complexity index is 1910. The second kappa shape index (κ2) is 10.5. The first kappa shape index (κ1) is 25.6. The van der Waals surface area contributed by atoms with Crippen molar-refractivity contribution in [3.63, 3.8) is 0 Å². The molecule has 6 rings (SSSR count). The molecule has 0 saturated carbocycles. The Balaban J connectivity index is 1.36. The number of amides is 1. The van der Waals surface area contributed by atoms with E-state index in [2.05, 4.69) is 10.3 Å². The van der Waals surface area contributed by atoms with Gasteiger partial charge >= 0.3 is 0 Å². The number of fused-ring (bicyclic) bond motifs is 1. The lowest BCUT2D eigenvalue weighted by Crippen LogP contribution is -2.24. The molecule has 0 saturated heterocycles. The third kappa shape index (κ3) is 4.82. The van der Waals surface area contributed by atoms with Crippen molar-refractivity contribution in [3.05, 3.63) is 120 Å². The van der Waals surface area contributed by atoms with Gasteiger partial charge in [0.25, 0.3) is 5.91 Å². The summed E-state index contributed by atoms with van der Waals surface area (Å²) in [5.74, 6) is -3.53. The molecule has 6 aromatic rings. The summed E-state index contributed by atoms with van der Waals surface area (Å²) < 4.78 is 29.4. The molecule has 1 amide bonds. The summed E-state index contributed by atoms with van der Waals surface area (Å²) >= 11 is 0. The van der Waals surface area contributed by atoms with Gasteiger partial charge in [0.1, 0.15) is 11.3 Å². The number of imidazole rings is 1. The molecule has 0 spiro atoms. The number of carbonyl (C=O) groups is 1. The smallest absolute Gasteiger partial charge is 0.254 e. The highest BCUT2D eigenvalue weighted by atomic mass is 19.1. The van der Waals surface area contributed by atoms with Gasteiger partial charge in [-0.05, 0) is 54.1 Å². The van der Waals surface area contributed by atoms with Crippen molar-refractivity contribution >= 4 is 22.9 Å². The normalized spacial score (nSPS) is 11.1. The van der Waals surface area contributed by atoms with Crippen LogP contribution in [0.2, 0.25) is 0 Å². The van der Waals surface area contributed by atoms with Gasteiger partial charge in [0.05, 0.1) is 16.8 Å². The van der Waals surface area contributed by atoms with Gasteiger partial charge in [-0.15, -0.1) is 0 Å². The Morgan fingerprint density at radius 1 is 0.902 bits per heavy atom. The van der Waals surface area contributed by atoms with Crippen molar-refractivity contribution in [1.82, 2.24) is 24.8 Å². The number of phenols is 1. The minimum Gasteiger partial charge on any atom is -0.503 e. The van der Waals surface area contributed by atoms with E-state index >= 15 is 0 Å². The molecular formula is C31H22F2N6O2. The molecule has 8 nitrogen and oxygen atoms in total. The average molecular weight is 549 g/mol. The Morgan fingerprint density at radius 3 is 2.44 bits per heavy atom. The fraction of sp³-hybridized carbons (Fsp3) is 0.0323. The van der Waals surface area contributed by atoms with Crippen LogP contribution in [0.5, 0.6) is 5.75 Å². The molecule has 0 aliphatic rings. The van der Waals surface area contributed by atoms with Crippen LogP contribution in [0.4, 0.5) is 14.6 Å². The maximum absolute atomic E-state index is 14.1. The van der Waals surface area contributed by atoms with Crippen molar-refractivity contribution in [2.75, 3.05) is 5.73 Å². The summed E-state index contributed by atoms with van der Waals surface area (Å²) in [7, 11) is 0. The lowest BCUT2D eigenvalue weighted by atomic mass is 10.1. The monoisotopic (exact) mass is 548 g/mol. The Labute approximate surface area is 232 Å². The zero-order valence-corrected chi connectivity index (χ0v) is 21.4. The fourth-order valence-electron chi connectivity index (χ4n) is 4.52. The van der Waals surface area contributed by atoms with Crippen LogP contribution >= 0.6 is 0 Å². The van der Waals surface area contributed by atoms with E-state index in [9.17, 15) is 18.7 Å². The number of nitrogen functional groups attached to an aromatic ring is 1. The minimum absolute atomic E-state index is 0.0696. The number of hydrogen-bond acceptors (Lipinski definition) is 6. The number of anilines is 1. The Hall–Kier alpha value is -5.64. The number of phenolic OH excluding ortho intramolecular Hbond substituents is 1. The van der Waals surface area contributed by atoms with Crippen molar-refractivity contribution in [2.24, 2.45) is 0 Å². The molecule has 3 aromatic carbocycles. The van der Waals surface area contributed by atoms with E-state index in [1.54, 1.807) is 24.4 Å². The lowest BCUT2D eigenvalue weighted by Gasteiger charge is -2.12. The average Bonchev–Trinajstić information content (AvgIpc) is 3.38. The third-order valence-electron chi connectivity index (χ3n) is 6.61. The molecular weight excluding hydrogens is 526 g/mol. The first-order valence-electron chi connectivity index (χ1n) is 12.6. The van der Waals surface area contributed by atoms with Gasteiger partial charge in [0, 0.05) is 24.0 Å². The van der Waals surface area contributed by atoms with Crippen LogP contribution in [0, 0.1) is 11.6 Å². The molecule has 0 fully saturated rings. The van der Waals surface area contributed by atoms with Crippen LogP contribution in [0.1, 0.15) is 15.9 Å². The standard InChI is InChI=1S/C31H22F2N6O2/c32-23-13-12-21(26(33)27(23)40)31(41)36-17-18-8-10-20(11-9-18)39-29(22-7-4-16-35-28(22)34)38-25-15-14-24(37-30(25)39)19-5-2-1-3-6-19/h1-16,40H,17H2,(H2,34,35)(H,36,41). The fourth-order valence-corrected chi connectivity index (χ4v) is 4.52. The molecule has 0 bridgehead atoms. The van der Waals surface area contributed by atoms with E-state index in [1.807, 2.05) is 65.2 Å². The number of carbonyl (C=O) groups excluding carboxylic acids is 1. The van der Waals surface area contributed by atoms with Crippen LogP contribution in [-0.2, 0) is 6.54 Å². The molecule has 0 aliphatic carbocycles. The van der Waals surface area contributed by atoms with Gasteiger partial charge in [-0.25, -0.2) is 23.7 Å². The Kier molecular flexibility index (Phi) is 6.56. The van der Waals surface area contributed by atoms with Crippen molar-refractivity contribution < 1.29 is 18.7 Å². The topological polar surface area (TPSA) is 119 Å². The molecule has 0 unspecified atom stereocenters. The van der Waals surface area contributed by atoms with E-state index in [1.165, 1.54) is 0 Å². The molecule has 41 heavy (non-hydrogen) atoms. The van der Waals surface area contributed by atoms with Gasteiger partial charge in [-0.1, -0.05) is 42.5 Å². The van der Waals surface area contributed by atoms with E-state index in [0.29, 0.717) is 28.4 Å². The van der Waals surface area contributed by atoms with E-state index < -0.39 is 28.9 Å². The number of nitrogens with two attached hydrogens (primary N) is 1. The van der Waals surface area contributed by atoms with Crippen LogP contribution in [0.15, 0.2) is 97.2 Å². The largest absolute Gasteiger partial charge is 0.503 e. The predicted octanol–water partition coefficient (Wildman–Crippen LogP) is 5.65. The minimum atomic E-state index is -1.31. The number of aromatic nitrogens is 4. The molecule has 3 aromatic heterocycles. The molecule has 10 heteroatoms. The van der Waals surface area contributed by atoms with Gasteiger partial charge < -0.3 is 16.2 Å². The van der Waals surface area contributed by atoms with Crippen molar-refractivity contribution in [1.29, 1.82) is 0 Å². The van der Waals surface area contributed by atoms with Crippen LogP contribution in [0.3, 0.4) is 0 Å². The molecule has 4 N–H and O–H groups in total. The number of rotatable bonds is 6. The number of pyridine rings is 2. The molecule has 3 heterocycles. The summed E-state index contributed by atoms with van der Waals surface area (Å²) in [6.45, 7) is 0.0696. The molecule has 202 valence electrons. The van der Waals surface area contributed by atoms with Gasteiger partial charge in [0.2, 0.25) is 0 Å². The maximum Gasteiger partial charge on any atom is 0.254 e. The van der Waals surface area contributed by atoms with E-state index in [0.717, 1.165) is 34.6 Å². The maximum atomic E-state index is 14.1. The van der Waals surface area contributed by atoms with Crippen LogP contribution in [-0.4, -0.2) is 30.5 Å². The quantitative estimate of drug-likeness (QED) is 0.248. The summed E-state index contributed by atoms with van der Waals surface area (Å²) in [6.07, 6.45) is 1.61. The summed E-state index contributed by atoms with van der Waals surface area (Å²) in [4.78, 5) is 26.5.